The van der Waals surface area contributed by atoms with Crippen LogP contribution in [-0.2, 0) is 0 Å². The van der Waals surface area contributed by atoms with E-state index in [0.29, 0.717) is 49.7 Å². The Kier molecular flexibility index (Phi) is 4.28. The van der Waals surface area contributed by atoms with Crippen molar-refractivity contribution in [2.75, 3.05) is 0 Å². The van der Waals surface area contributed by atoms with Gasteiger partial charge in [0.2, 0.25) is 0 Å². The van der Waals surface area contributed by atoms with E-state index in [9.17, 15) is 14.9 Å². The van der Waals surface area contributed by atoms with Crippen LogP contribution in [0.5, 0.6) is 0 Å². The Bertz CT molecular complexity index is 1800. The average molecular weight is 448 g/mol. The summed E-state index contributed by atoms with van der Waals surface area (Å²) in [5, 5.41) is 17.6. The number of hydrogen-bond acceptors (Lipinski definition) is 6. The number of rotatable bonds is 3. The quantitative estimate of drug-likeness (QED) is 0.152. The molecular formula is C26H16N4O4. The zero-order chi connectivity index (χ0) is 23.4. The van der Waals surface area contributed by atoms with E-state index in [2.05, 4.69) is 0 Å². The second kappa shape index (κ2) is 7.35. The molecule has 0 aliphatic heterocycles. The SMILES string of the molecule is Cc1nn(-c2ccccc2)c2nc3c(c(-c4ccc([N+](=O)[O-])cc4)c12)c(=O)oc1ccccc13. The monoisotopic (exact) mass is 448 g/mol. The number of nitrogens with zero attached hydrogens (tertiary/aromatic N) is 4. The molecule has 0 saturated carbocycles. The highest BCUT2D eigenvalue weighted by Crippen LogP contribution is 2.38. The van der Waals surface area contributed by atoms with Crippen molar-refractivity contribution in [1.29, 1.82) is 0 Å². The van der Waals surface area contributed by atoms with Gasteiger partial charge in [-0.15, -0.1) is 0 Å². The van der Waals surface area contributed by atoms with Crippen molar-refractivity contribution in [2.24, 2.45) is 0 Å². The highest BCUT2D eigenvalue weighted by atomic mass is 16.6. The third kappa shape index (κ3) is 2.89. The Balaban J connectivity index is 1.83. The summed E-state index contributed by atoms with van der Waals surface area (Å²) in [6.07, 6.45) is 0. The first-order valence-electron chi connectivity index (χ1n) is 10.6. The molecule has 3 aromatic heterocycles. The van der Waals surface area contributed by atoms with Crippen molar-refractivity contribution in [1.82, 2.24) is 14.8 Å². The van der Waals surface area contributed by atoms with E-state index < -0.39 is 10.5 Å². The summed E-state index contributed by atoms with van der Waals surface area (Å²) < 4.78 is 7.40. The van der Waals surface area contributed by atoms with Crippen LogP contribution in [0.3, 0.4) is 0 Å². The van der Waals surface area contributed by atoms with Gasteiger partial charge in [-0.1, -0.05) is 30.3 Å². The van der Waals surface area contributed by atoms with E-state index in [1.165, 1.54) is 12.1 Å². The summed E-state index contributed by atoms with van der Waals surface area (Å²) in [4.78, 5) is 28.9. The molecule has 0 saturated heterocycles. The highest BCUT2D eigenvalue weighted by molar-refractivity contribution is 6.15. The van der Waals surface area contributed by atoms with Gasteiger partial charge in [-0.05, 0) is 48.9 Å². The lowest BCUT2D eigenvalue weighted by molar-refractivity contribution is -0.384. The van der Waals surface area contributed by atoms with Crippen LogP contribution in [0.4, 0.5) is 5.69 Å². The first-order chi connectivity index (χ1) is 16.5. The number of non-ortho nitro benzene ring substituents is 1. The van der Waals surface area contributed by atoms with Gasteiger partial charge in [-0.3, -0.25) is 10.1 Å². The number of benzene rings is 3. The molecule has 0 N–H and O–H groups in total. The maximum Gasteiger partial charge on any atom is 0.346 e. The number of para-hydroxylation sites is 2. The third-order valence-corrected chi connectivity index (χ3v) is 5.91. The Morgan fingerprint density at radius 2 is 1.62 bits per heavy atom. The number of aryl methyl sites for hydroxylation is 1. The molecule has 0 atom stereocenters. The van der Waals surface area contributed by atoms with E-state index in [1.54, 1.807) is 28.9 Å². The van der Waals surface area contributed by atoms with Crippen molar-refractivity contribution in [3.05, 3.63) is 105 Å². The molecule has 6 aromatic rings. The summed E-state index contributed by atoms with van der Waals surface area (Å²) in [7, 11) is 0. The fraction of sp³-hybridized carbons (Fsp3) is 0.0385. The fourth-order valence-corrected chi connectivity index (χ4v) is 4.40. The fourth-order valence-electron chi connectivity index (χ4n) is 4.40. The maximum atomic E-state index is 13.3. The van der Waals surface area contributed by atoms with E-state index in [1.807, 2.05) is 49.4 Å². The average Bonchev–Trinajstić information content (AvgIpc) is 3.19. The van der Waals surface area contributed by atoms with Crippen molar-refractivity contribution in [2.45, 2.75) is 6.92 Å². The summed E-state index contributed by atoms with van der Waals surface area (Å²) in [5.74, 6) is 0. The molecule has 0 unspecified atom stereocenters. The first-order valence-corrected chi connectivity index (χ1v) is 10.6. The standard InChI is InChI=1S/C26H16N4O4/c1-15-21-22(16-11-13-18(14-12-16)30(32)33)23-24(19-9-5-6-10-20(19)34-26(23)31)27-25(21)29(28-15)17-7-3-2-4-8-17/h2-14H,1H3. The minimum Gasteiger partial charge on any atom is -0.422 e. The Hall–Kier alpha value is -4.85. The maximum absolute atomic E-state index is 13.3. The van der Waals surface area contributed by atoms with Gasteiger partial charge in [0.1, 0.15) is 5.58 Å². The minimum absolute atomic E-state index is 0.0347. The molecular weight excluding hydrogens is 432 g/mol. The van der Waals surface area contributed by atoms with Crippen LogP contribution >= 0.6 is 0 Å². The van der Waals surface area contributed by atoms with Gasteiger partial charge in [0.25, 0.3) is 5.69 Å². The van der Waals surface area contributed by atoms with E-state index >= 15 is 0 Å². The Labute approximate surface area is 191 Å². The zero-order valence-electron chi connectivity index (χ0n) is 17.9. The van der Waals surface area contributed by atoms with Gasteiger partial charge >= 0.3 is 5.63 Å². The summed E-state index contributed by atoms with van der Waals surface area (Å²) in [6, 6.07) is 23.0. The normalized spacial score (nSPS) is 11.4. The second-order valence-electron chi connectivity index (χ2n) is 7.93. The molecule has 8 heteroatoms. The number of fused-ring (bicyclic) bond motifs is 4. The molecule has 6 rings (SSSR count). The number of aromatic nitrogens is 3. The molecule has 8 nitrogen and oxygen atoms in total. The molecule has 0 amide bonds. The van der Waals surface area contributed by atoms with Crippen LogP contribution < -0.4 is 5.63 Å². The summed E-state index contributed by atoms with van der Waals surface area (Å²) in [6.45, 7) is 1.85. The summed E-state index contributed by atoms with van der Waals surface area (Å²) >= 11 is 0. The predicted molar refractivity (Wildman–Crippen MR) is 129 cm³/mol. The lowest BCUT2D eigenvalue weighted by atomic mass is 9.97. The number of nitro groups is 1. The molecule has 3 heterocycles. The Morgan fingerprint density at radius 3 is 2.35 bits per heavy atom. The van der Waals surface area contributed by atoms with Crippen molar-refractivity contribution in [3.63, 3.8) is 0 Å². The second-order valence-corrected chi connectivity index (χ2v) is 7.93. The van der Waals surface area contributed by atoms with Gasteiger partial charge in [-0.2, -0.15) is 5.10 Å². The number of nitro benzene ring substituents is 1. The van der Waals surface area contributed by atoms with E-state index in [-0.39, 0.29) is 5.69 Å². The van der Waals surface area contributed by atoms with Crippen LogP contribution in [0, 0.1) is 17.0 Å². The topological polar surface area (TPSA) is 104 Å². The largest absolute Gasteiger partial charge is 0.422 e. The van der Waals surface area contributed by atoms with Crippen LogP contribution in [0.25, 0.3) is 49.7 Å². The predicted octanol–water partition coefficient (Wildman–Crippen LogP) is 5.56. The smallest absolute Gasteiger partial charge is 0.346 e. The Morgan fingerprint density at radius 1 is 0.912 bits per heavy atom. The molecule has 0 radical (unpaired) electrons. The lowest BCUT2D eigenvalue weighted by Gasteiger charge is -2.11. The van der Waals surface area contributed by atoms with Gasteiger partial charge in [0.05, 0.1) is 32.6 Å². The number of hydrogen-bond donors (Lipinski definition) is 0. The summed E-state index contributed by atoms with van der Waals surface area (Å²) in [5.41, 5.74) is 3.68. The molecule has 0 aliphatic rings. The molecule has 34 heavy (non-hydrogen) atoms. The molecule has 164 valence electrons. The van der Waals surface area contributed by atoms with Gasteiger partial charge in [0.15, 0.2) is 5.65 Å². The number of pyridine rings is 1. The van der Waals surface area contributed by atoms with Crippen LogP contribution in [0.15, 0.2) is 88.1 Å². The van der Waals surface area contributed by atoms with E-state index in [0.717, 1.165) is 5.69 Å². The van der Waals surface area contributed by atoms with Crippen LogP contribution in [-0.4, -0.2) is 19.7 Å². The van der Waals surface area contributed by atoms with Crippen LogP contribution in [0.1, 0.15) is 5.69 Å². The third-order valence-electron chi connectivity index (χ3n) is 5.91. The highest BCUT2D eigenvalue weighted by Gasteiger charge is 2.23. The van der Waals surface area contributed by atoms with Crippen molar-refractivity contribution in [3.8, 4) is 16.8 Å². The van der Waals surface area contributed by atoms with Gasteiger partial charge in [-0.25, -0.2) is 14.5 Å². The van der Waals surface area contributed by atoms with Crippen molar-refractivity contribution >= 4 is 38.6 Å². The van der Waals surface area contributed by atoms with Gasteiger partial charge in [0, 0.05) is 23.1 Å². The van der Waals surface area contributed by atoms with E-state index in [4.69, 9.17) is 14.5 Å². The lowest BCUT2D eigenvalue weighted by Crippen LogP contribution is -2.05. The van der Waals surface area contributed by atoms with Gasteiger partial charge < -0.3 is 4.42 Å². The molecule has 0 spiro atoms. The van der Waals surface area contributed by atoms with Crippen molar-refractivity contribution < 1.29 is 9.34 Å². The molecule has 3 aromatic carbocycles. The molecule has 0 aliphatic carbocycles. The molecule has 0 bridgehead atoms. The zero-order valence-corrected chi connectivity index (χ0v) is 17.9. The van der Waals surface area contributed by atoms with Crippen LogP contribution in [0.2, 0.25) is 0 Å². The minimum atomic E-state index is -0.525. The molecule has 0 fully saturated rings. The first kappa shape index (κ1) is 19.8.